The number of anilines is 1. The summed E-state index contributed by atoms with van der Waals surface area (Å²) in [6.07, 6.45) is 1.72. The van der Waals surface area contributed by atoms with Gasteiger partial charge in [0.15, 0.2) is 0 Å². The highest BCUT2D eigenvalue weighted by molar-refractivity contribution is 6.30. The van der Waals surface area contributed by atoms with Crippen molar-refractivity contribution in [3.8, 4) is 0 Å². The number of amides is 1. The van der Waals surface area contributed by atoms with Crippen molar-refractivity contribution in [3.05, 3.63) is 64.5 Å². The number of ether oxygens (including phenoxy) is 1. The van der Waals surface area contributed by atoms with E-state index in [2.05, 4.69) is 11.5 Å². The summed E-state index contributed by atoms with van der Waals surface area (Å²) >= 11 is 6.11. The van der Waals surface area contributed by atoms with Gasteiger partial charge in [-0.3, -0.25) is 4.79 Å². The second kappa shape index (κ2) is 9.39. The van der Waals surface area contributed by atoms with Crippen LogP contribution >= 0.6 is 11.6 Å². The highest BCUT2D eigenvalue weighted by Crippen LogP contribution is 2.26. The molecule has 1 aromatic heterocycles. The lowest BCUT2D eigenvalue weighted by Gasteiger charge is -2.36. The normalized spacial score (nSPS) is 14.0. The first-order chi connectivity index (χ1) is 14.4. The van der Waals surface area contributed by atoms with Gasteiger partial charge in [-0.05, 0) is 44.5 Å². The Morgan fingerprint density at radius 2 is 1.90 bits per heavy atom. The van der Waals surface area contributed by atoms with Crippen LogP contribution in [0.3, 0.4) is 0 Å². The molecule has 0 bridgehead atoms. The van der Waals surface area contributed by atoms with Crippen molar-refractivity contribution >= 4 is 29.2 Å². The van der Waals surface area contributed by atoms with Crippen molar-refractivity contribution in [1.82, 2.24) is 9.47 Å². The van der Waals surface area contributed by atoms with Gasteiger partial charge in [-0.2, -0.15) is 0 Å². The summed E-state index contributed by atoms with van der Waals surface area (Å²) in [5.74, 6) is -0.464. The fraction of sp³-hybridized carbons (Fsp3) is 0.391. The fourth-order valence-electron chi connectivity index (χ4n) is 4.03. The lowest BCUT2D eigenvalue weighted by Crippen LogP contribution is -2.49. The van der Waals surface area contributed by atoms with Gasteiger partial charge in [0.25, 0.3) is 5.91 Å². The molecule has 3 rings (SSSR count). The number of carbonyl (C=O) groups is 2. The molecule has 1 saturated heterocycles. The first-order valence-corrected chi connectivity index (χ1v) is 10.5. The number of aromatic nitrogens is 1. The van der Waals surface area contributed by atoms with Crippen LogP contribution in [0.15, 0.2) is 36.9 Å². The van der Waals surface area contributed by atoms with Crippen molar-refractivity contribution in [2.75, 3.05) is 37.7 Å². The monoisotopic (exact) mass is 429 g/mol. The molecular weight excluding hydrogens is 402 g/mol. The van der Waals surface area contributed by atoms with E-state index in [0.29, 0.717) is 41.5 Å². The molecule has 0 N–H and O–H groups in total. The Kier molecular flexibility index (Phi) is 6.87. The first kappa shape index (κ1) is 22.0. The highest BCUT2D eigenvalue weighted by atomic mass is 35.5. The summed E-state index contributed by atoms with van der Waals surface area (Å²) in [5.41, 5.74) is 3.49. The second-order valence-electron chi connectivity index (χ2n) is 7.31. The quantitative estimate of drug-likeness (QED) is 0.512. The van der Waals surface area contributed by atoms with E-state index in [4.69, 9.17) is 16.3 Å². The standard InChI is InChI=1S/C23H28ClN3O3/c1-5-10-27-17(4)20(16(3)21(27)23(29)30-6-2)22(28)26-13-11-25(12-14-26)19-9-7-8-18(24)15-19/h5,7-9,15H,1,6,10-14H2,2-4H3. The summed E-state index contributed by atoms with van der Waals surface area (Å²) < 4.78 is 7.04. The van der Waals surface area contributed by atoms with Crippen LogP contribution in [-0.2, 0) is 11.3 Å². The van der Waals surface area contributed by atoms with Gasteiger partial charge in [0.05, 0.1) is 12.2 Å². The number of piperazine rings is 1. The van der Waals surface area contributed by atoms with Crippen molar-refractivity contribution in [2.24, 2.45) is 0 Å². The van der Waals surface area contributed by atoms with Crippen LogP contribution in [0.25, 0.3) is 0 Å². The average molecular weight is 430 g/mol. The van der Waals surface area contributed by atoms with Gasteiger partial charge in [0, 0.05) is 49.1 Å². The van der Waals surface area contributed by atoms with Crippen LogP contribution < -0.4 is 4.90 Å². The van der Waals surface area contributed by atoms with Crippen molar-refractivity contribution in [1.29, 1.82) is 0 Å². The molecule has 0 unspecified atom stereocenters. The summed E-state index contributed by atoms with van der Waals surface area (Å²) in [5, 5.41) is 0.701. The van der Waals surface area contributed by atoms with Crippen LogP contribution in [0, 0.1) is 13.8 Å². The first-order valence-electron chi connectivity index (χ1n) is 10.2. The van der Waals surface area contributed by atoms with E-state index < -0.39 is 5.97 Å². The predicted octanol–water partition coefficient (Wildman–Crippen LogP) is 4.08. The lowest BCUT2D eigenvalue weighted by molar-refractivity contribution is 0.0513. The van der Waals surface area contributed by atoms with Gasteiger partial charge in [0.1, 0.15) is 5.69 Å². The molecule has 7 heteroatoms. The summed E-state index contributed by atoms with van der Waals surface area (Å²) in [6.45, 7) is 12.6. The van der Waals surface area contributed by atoms with Gasteiger partial charge in [-0.25, -0.2) is 4.79 Å². The molecule has 30 heavy (non-hydrogen) atoms. The van der Waals surface area contributed by atoms with Crippen LogP contribution in [0.5, 0.6) is 0 Å². The van der Waals surface area contributed by atoms with Crippen molar-refractivity contribution in [3.63, 3.8) is 0 Å². The summed E-state index contributed by atoms with van der Waals surface area (Å²) in [6, 6.07) is 7.75. The number of esters is 1. The van der Waals surface area contributed by atoms with E-state index in [1.807, 2.05) is 47.6 Å². The van der Waals surface area contributed by atoms with Gasteiger partial charge in [-0.1, -0.05) is 23.7 Å². The number of benzene rings is 1. The zero-order valence-corrected chi connectivity index (χ0v) is 18.5. The minimum Gasteiger partial charge on any atom is -0.461 e. The number of carbonyl (C=O) groups excluding carboxylic acids is 2. The van der Waals surface area contributed by atoms with Crippen LogP contribution in [0.1, 0.15) is 39.0 Å². The minimum atomic E-state index is -0.412. The maximum absolute atomic E-state index is 13.4. The molecule has 1 fully saturated rings. The fourth-order valence-corrected chi connectivity index (χ4v) is 4.21. The average Bonchev–Trinajstić information content (AvgIpc) is 2.98. The Bertz CT molecular complexity index is 959. The largest absolute Gasteiger partial charge is 0.461 e. The van der Waals surface area contributed by atoms with Crippen molar-refractivity contribution < 1.29 is 14.3 Å². The molecule has 2 heterocycles. The highest BCUT2D eigenvalue weighted by Gasteiger charge is 2.30. The Hall–Kier alpha value is -2.73. The second-order valence-corrected chi connectivity index (χ2v) is 7.75. The Morgan fingerprint density at radius 3 is 2.50 bits per heavy atom. The lowest BCUT2D eigenvalue weighted by atomic mass is 10.1. The molecule has 0 saturated carbocycles. The number of rotatable bonds is 6. The Labute approximate surface area is 182 Å². The number of hydrogen-bond acceptors (Lipinski definition) is 4. The number of halogens is 1. The molecule has 1 aromatic carbocycles. The van der Waals surface area contributed by atoms with Gasteiger partial charge in [0.2, 0.25) is 0 Å². The van der Waals surface area contributed by atoms with E-state index in [-0.39, 0.29) is 12.5 Å². The zero-order chi connectivity index (χ0) is 21.8. The molecule has 0 aliphatic carbocycles. The molecule has 1 aliphatic heterocycles. The van der Waals surface area contributed by atoms with E-state index in [1.165, 1.54) is 0 Å². The maximum atomic E-state index is 13.4. The maximum Gasteiger partial charge on any atom is 0.355 e. The van der Waals surface area contributed by atoms with Gasteiger partial charge >= 0.3 is 5.97 Å². The predicted molar refractivity (Wildman–Crippen MR) is 120 cm³/mol. The SMILES string of the molecule is C=CCn1c(C)c(C(=O)N2CCN(c3cccc(Cl)c3)CC2)c(C)c1C(=O)OCC. The van der Waals surface area contributed by atoms with Gasteiger partial charge < -0.3 is 19.1 Å². The van der Waals surface area contributed by atoms with Crippen LogP contribution in [-0.4, -0.2) is 54.1 Å². The number of allylic oxidation sites excluding steroid dienone is 1. The molecule has 0 radical (unpaired) electrons. The topological polar surface area (TPSA) is 54.8 Å². The minimum absolute atomic E-state index is 0.0518. The smallest absolute Gasteiger partial charge is 0.355 e. The number of nitrogens with zero attached hydrogens (tertiary/aromatic N) is 3. The van der Waals surface area contributed by atoms with E-state index in [1.54, 1.807) is 13.0 Å². The molecule has 160 valence electrons. The molecule has 6 nitrogen and oxygen atoms in total. The van der Waals surface area contributed by atoms with E-state index in [0.717, 1.165) is 24.5 Å². The van der Waals surface area contributed by atoms with E-state index >= 15 is 0 Å². The third kappa shape index (κ3) is 4.24. The molecular formula is C23H28ClN3O3. The van der Waals surface area contributed by atoms with Gasteiger partial charge in [-0.15, -0.1) is 6.58 Å². The third-order valence-corrected chi connectivity index (χ3v) is 5.74. The molecule has 1 aliphatic rings. The molecule has 1 amide bonds. The van der Waals surface area contributed by atoms with Crippen LogP contribution in [0.4, 0.5) is 5.69 Å². The van der Waals surface area contributed by atoms with E-state index in [9.17, 15) is 9.59 Å². The Morgan fingerprint density at radius 1 is 1.20 bits per heavy atom. The molecule has 2 aromatic rings. The third-order valence-electron chi connectivity index (χ3n) is 5.50. The Balaban J connectivity index is 1.82. The van der Waals surface area contributed by atoms with Crippen molar-refractivity contribution in [2.45, 2.75) is 27.3 Å². The summed E-state index contributed by atoms with van der Waals surface area (Å²) in [4.78, 5) is 30.0. The zero-order valence-electron chi connectivity index (χ0n) is 17.8. The number of hydrogen-bond donors (Lipinski definition) is 0. The van der Waals surface area contributed by atoms with Crippen LogP contribution in [0.2, 0.25) is 5.02 Å². The summed E-state index contributed by atoms with van der Waals surface area (Å²) in [7, 11) is 0. The molecule has 0 atom stereocenters. The molecule has 0 spiro atoms.